The molecule has 0 aliphatic heterocycles. The standard InChI is InChI=1S/C13H8N4OS3/c18-11-10-9(14-17-15-11)8-12(20-10)16-21-13(8)19-6-7-4-2-1-3-5-7/h1-5H,6H2,(H,14,15,18). The Hall–Kier alpha value is -1.77. The summed E-state index contributed by atoms with van der Waals surface area (Å²) in [6, 6.07) is 10.3. The van der Waals surface area contributed by atoms with Crippen molar-refractivity contribution in [2.24, 2.45) is 0 Å². The molecule has 0 aliphatic rings. The zero-order valence-electron chi connectivity index (χ0n) is 10.6. The SMILES string of the molecule is O=c1[nH]nnc2c1sc1nsc(SCc3ccccc3)c12. The van der Waals surface area contributed by atoms with Crippen LogP contribution in [-0.2, 0) is 5.75 Å². The molecule has 8 heteroatoms. The molecule has 3 aromatic heterocycles. The van der Waals surface area contributed by atoms with Crippen molar-refractivity contribution in [3.8, 4) is 0 Å². The predicted molar refractivity (Wildman–Crippen MR) is 87.2 cm³/mol. The van der Waals surface area contributed by atoms with E-state index in [1.807, 2.05) is 18.2 Å². The van der Waals surface area contributed by atoms with Crippen molar-refractivity contribution in [3.05, 3.63) is 46.2 Å². The van der Waals surface area contributed by atoms with Crippen molar-refractivity contribution in [1.29, 1.82) is 0 Å². The Kier molecular flexibility index (Phi) is 3.21. The van der Waals surface area contributed by atoms with Crippen LogP contribution in [0.3, 0.4) is 0 Å². The fourth-order valence-electron chi connectivity index (χ4n) is 2.03. The van der Waals surface area contributed by atoms with Crippen LogP contribution in [0.1, 0.15) is 5.56 Å². The van der Waals surface area contributed by atoms with E-state index in [2.05, 4.69) is 31.9 Å². The summed E-state index contributed by atoms with van der Waals surface area (Å²) >= 11 is 4.54. The molecule has 4 rings (SSSR count). The second-order valence-electron chi connectivity index (χ2n) is 4.35. The zero-order chi connectivity index (χ0) is 14.2. The minimum absolute atomic E-state index is 0.202. The number of hydrogen-bond donors (Lipinski definition) is 1. The van der Waals surface area contributed by atoms with Gasteiger partial charge in [0.05, 0.1) is 9.60 Å². The zero-order valence-corrected chi connectivity index (χ0v) is 13.0. The minimum atomic E-state index is -0.202. The van der Waals surface area contributed by atoms with Gasteiger partial charge in [0.1, 0.15) is 15.0 Å². The van der Waals surface area contributed by atoms with Crippen LogP contribution in [-0.4, -0.2) is 19.8 Å². The molecule has 5 nitrogen and oxygen atoms in total. The molecule has 3 heterocycles. The molecule has 0 saturated carbocycles. The highest BCUT2D eigenvalue weighted by molar-refractivity contribution is 8.00. The molecule has 0 aliphatic carbocycles. The Bertz CT molecular complexity index is 973. The third-order valence-electron chi connectivity index (χ3n) is 3.00. The number of rotatable bonds is 3. The predicted octanol–water partition coefficient (Wildman–Crippen LogP) is 3.28. The van der Waals surface area contributed by atoms with Gasteiger partial charge in [-0.15, -0.1) is 28.2 Å². The van der Waals surface area contributed by atoms with Crippen LogP contribution in [0.5, 0.6) is 0 Å². The van der Waals surface area contributed by atoms with Gasteiger partial charge in [-0.25, -0.2) is 5.10 Å². The summed E-state index contributed by atoms with van der Waals surface area (Å²) in [5.74, 6) is 0.867. The van der Waals surface area contributed by atoms with Gasteiger partial charge < -0.3 is 0 Å². The van der Waals surface area contributed by atoms with Crippen LogP contribution in [0.4, 0.5) is 0 Å². The average Bonchev–Trinajstić information content (AvgIpc) is 3.07. The maximum atomic E-state index is 11.8. The number of aromatic nitrogens is 4. The quantitative estimate of drug-likeness (QED) is 0.583. The van der Waals surface area contributed by atoms with E-state index in [0.29, 0.717) is 10.2 Å². The first kappa shape index (κ1) is 12.9. The Labute approximate surface area is 131 Å². The highest BCUT2D eigenvalue weighted by atomic mass is 32.2. The smallest absolute Gasteiger partial charge is 0.266 e. The minimum Gasteiger partial charge on any atom is -0.266 e. The van der Waals surface area contributed by atoms with Gasteiger partial charge in [0.15, 0.2) is 0 Å². The lowest BCUT2D eigenvalue weighted by molar-refractivity contribution is 0.876. The third kappa shape index (κ3) is 2.25. The van der Waals surface area contributed by atoms with Crippen molar-refractivity contribution in [1.82, 2.24) is 19.8 Å². The molecular weight excluding hydrogens is 324 g/mol. The molecule has 0 spiro atoms. The number of aromatic amines is 1. The number of nitrogens with zero attached hydrogens (tertiary/aromatic N) is 3. The van der Waals surface area contributed by atoms with Crippen molar-refractivity contribution < 1.29 is 0 Å². The highest BCUT2D eigenvalue weighted by Crippen LogP contribution is 2.40. The van der Waals surface area contributed by atoms with Gasteiger partial charge in [0, 0.05) is 5.75 Å². The van der Waals surface area contributed by atoms with Crippen molar-refractivity contribution >= 4 is 55.1 Å². The van der Waals surface area contributed by atoms with E-state index in [0.717, 1.165) is 20.2 Å². The first-order valence-electron chi connectivity index (χ1n) is 6.13. The first-order valence-corrected chi connectivity index (χ1v) is 8.70. The largest absolute Gasteiger partial charge is 0.285 e. The Morgan fingerprint density at radius 2 is 2.10 bits per heavy atom. The van der Waals surface area contributed by atoms with Crippen molar-refractivity contribution in [2.75, 3.05) is 0 Å². The van der Waals surface area contributed by atoms with E-state index < -0.39 is 0 Å². The maximum absolute atomic E-state index is 11.8. The van der Waals surface area contributed by atoms with Crippen LogP contribution >= 0.6 is 34.6 Å². The summed E-state index contributed by atoms with van der Waals surface area (Å²) in [4.78, 5) is 12.6. The van der Waals surface area contributed by atoms with Crippen LogP contribution in [0.15, 0.2) is 39.3 Å². The Morgan fingerprint density at radius 3 is 2.95 bits per heavy atom. The molecule has 0 fully saturated rings. The Balaban J connectivity index is 1.77. The van der Waals surface area contributed by atoms with Crippen LogP contribution in [0.25, 0.3) is 20.4 Å². The summed E-state index contributed by atoms with van der Waals surface area (Å²) in [7, 11) is 0. The summed E-state index contributed by atoms with van der Waals surface area (Å²) in [6.45, 7) is 0. The lowest BCUT2D eigenvalue weighted by Crippen LogP contribution is -2.07. The normalized spacial score (nSPS) is 11.4. The number of thiophene rings is 1. The number of thioether (sulfide) groups is 1. The molecule has 0 amide bonds. The number of benzene rings is 1. The van der Waals surface area contributed by atoms with Crippen molar-refractivity contribution in [2.45, 2.75) is 9.96 Å². The molecule has 0 atom stereocenters. The lowest BCUT2D eigenvalue weighted by Gasteiger charge is -1.98. The highest BCUT2D eigenvalue weighted by Gasteiger charge is 2.17. The van der Waals surface area contributed by atoms with E-state index in [1.54, 1.807) is 11.8 Å². The molecule has 0 saturated heterocycles. The number of fused-ring (bicyclic) bond motifs is 3. The summed E-state index contributed by atoms with van der Waals surface area (Å²) in [5, 5.41) is 11.1. The lowest BCUT2D eigenvalue weighted by atomic mass is 10.2. The second-order valence-corrected chi connectivity index (χ2v) is 7.36. The first-order chi connectivity index (χ1) is 10.3. The molecule has 4 aromatic rings. The third-order valence-corrected chi connectivity index (χ3v) is 6.35. The number of nitrogens with one attached hydrogen (secondary N) is 1. The van der Waals surface area contributed by atoms with Gasteiger partial charge in [-0.1, -0.05) is 35.5 Å². The van der Waals surface area contributed by atoms with Gasteiger partial charge in [-0.05, 0) is 17.1 Å². The summed E-state index contributed by atoms with van der Waals surface area (Å²) < 4.78 is 6.11. The molecule has 21 heavy (non-hydrogen) atoms. The number of hydrogen-bond acceptors (Lipinski definition) is 7. The average molecular weight is 332 g/mol. The van der Waals surface area contributed by atoms with E-state index in [-0.39, 0.29) is 5.56 Å². The maximum Gasteiger partial charge on any atom is 0.285 e. The Morgan fingerprint density at radius 1 is 1.24 bits per heavy atom. The van der Waals surface area contributed by atoms with Gasteiger partial charge in [-0.3, -0.25) is 4.79 Å². The van der Waals surface area contributed by atoms with E-state index in [9.17, 15) is 4.79 Å². The van der Waals surface area contributed by atoms with Gasteiger partial charge in [-0.2, -0.15) is 4.37 Å². The fraction of sp³-hybridized carbons (Fsp3) is 0.0769. The van der Waals surface area contributed by atoms with Crippen LogP contribution in [0, 0.1) is 0 Å². The van der Waals surface area contributed by atoms with Gasteiger partial charge in [0.2, 0.25) is 0 Å². The topological polar surface area (TPSA) is 71.5 Å². The van der Waals surface area contributed by atoms with E-state index in [4.69, 9.17) is 0 Å². The molecule has 0 unspecified atom stereocenters. The molecule has 0 radical (unpaired) electrons. The van der Waals surface area contributed by atoms with Gasteiger partial charge >= 0.3 is 0 Å². The summed E-state index contributed by atoms with van der Waals surface area (Å²) in [6.07, 6.45) is 0. The second kappa shape index (κ2) is 5.21. The molecule has 0 bridgehead atoms. The fourth-order valence-corrected chi connectivity index (χ4v) is 5.16. The molecule has 104 valence electrons. The van der Waals surface area contributed by atoms with Crippen LogP contribution < -0.4 is 5.56 Å². The molecule has 1 aromatic carbocycles. The van der Waals surface area contributed by atoms with Gasteiger partial charge in [0.25, 0.3) is 5.56 Å². The summed E-state index contributed by atoms with van der Waals surface area (Å²) in [5.41, 5.74) is 1.71. The molecule has 1 N–H and O–H groups in total. The van der Waals surface area contributed by atoms with E-state index >= 15 is 0 Å². The number of H-pyrrole nitrogens is 1. The monoisotopic (exact) mass is 332 g/mol. The van der Waals surface area contributed by atoms with E-state index in [1.165, 1.54) is 28.4 Å². The van der Waals surface area contributed by atoms with Crippen molar-refractivity contribution in [3.63, 3.8) is 0 Å². The van der Waals surface area contributed by atoms with Crippen LogP contribution in [0.2, 0.25) is 0 Å². The molecular formula is C13H8N4OS3.